The molecule has 2 aromatic rings. The van der Waals surface area contributed by atoms with Crippen molar-refractivity contribution in [2.24, 2.45) is 0 Å². The lowest BCUT2D eigenvalue weighted by molar-refractivity contribution is 1.19. The number of nitrogens with zero attached hydrogens (tertiary/aromatic N) is 2. The normalized spacial score (nSPS) is 9.75. The van der Waals surface area contributed by atoms with Gasteiger partial charge in [-0.15, -0.1) is 0 Å². The first-order valence-electron chi connectivity index (χ1n) is 5.19. The number of nitriles is 1. The van der Waals surface area contributed by atoms with Gasteiger partial charge in [0.05, 0.1) is 18.2 Å². The summed E-state index contributed by atoms with van der Waals surface area (Å²) in [7, 11) is 0. The standard InChI is InChI=1S/C14H12N2/c1-11-4-2-5-13(10-11)14-12(7-8-15)6-3-9-16-14/h2-6,9-10H,7H2,1H3. The molecule has 0 unspecified atom stereocenters. The summed E-state index contributed by atoms with van der Waals surface area (Å²) in [5.41, 5.74) is 4.17. The fraction of sp³-hybridized carbons (Fsp3) is 0.143. The molecule has 0 fully saturated rings. The third kappa shape index (κ3) is 2.09. The van der Waals surface area contributed by atoms with Crippen molar-refractivity contribution in [3.05, 3.63) is 53.7 Å². The van der Waals surface area contributed by atoms with E-state index < -0.39 is 0 Å². The van der Waals surface area contributed by atoms with Gasteiger partial charge in [-0.2, -0.15) is 5.26 Å². The van der Waals surface area contributed by atoms with E-state index in [1.54, 1.807) is 6.20 Å². The molecule has 0 atom stereocenters. The number of rotatable bonds is 2. The number of pyridine rings is 1. The maximum absolute atomic E-state index is 8.77. The first-order chi connectivity index (χ1) is 7.81. The predicted octanol–water partition coefficient (Wildman–Crippen LogP) is 3.12. The summed E-state index contributed by atoms with van der Waals surface area (Å²) in [4.78, 5) is 4.36. The van der Waals surface area contributed by atoms with Crippen molar-refractivity contribution in [3.63, 3.8) is 0 Å². The minimum atomic E-state index is 0.400. The molecule has 1 aromatic carbocycles. The molecular weight excluding hydrogens is 196 g/mol. The monoisotopic (exact) mass is 208 g/mol. The van der Waals surface area contributed by atoms with E-state index in [9.17, 15) is 0 Å². The van der Waals surface area contributed by atoms with Crippen molar-refractivity contribution < 1.29 is 0 Å². The summed E-state index contributed by atoms with van der Waals surface area (Å²) in [6.07, 6.45) is 2.16. The number of hydrogen-bond acceptors (Lipinski definition) is 2. The molecule has 1 aromatic heterocycles. The van der Waals surface area contributed by atoms with Gasteiger partial charge in [0.1, 0.15) is 0 Å². The molecule has 0 aliphatic carbocycles. The molecule has 0 N–H and O–H groups in total. The van der Waals surface area contributed by atoms with Crippen LogP contribution in [0, 0.1) is 18.3 Å². The van der Waals surface area contributed by atoms with E-state index in [0.29, 0.717) is 6.42 Å². The Kier molecular flexibility index (Phi) is 2.98. The van der Waals surface area contributed by atoms with Gasteiger partial charge in [-0.1, -0.05) is 29.8 Å². The molecule has 0 saturated heterocycles. The number of aryl methyl sites for hydroxylation is 1. The number of hydrogen-bond donors (Lipinski definition) is 0. The van der Waals surface area contributed by atoms with Crippen LogP contribution in [0.4, 0.5) is 0 Å². The van der Waals surface area contributed by atoms with E-state index in [2.05, 4.69) is 30.1 Å². The van der Waals surface area contributed by atoms with Gasteiger partial charge in [0, 0.05) is 11.8 Å². The smallest absolute Gasteiger partial charge is 0.0744 e. The Labute approximate surface area is 95.2 Å². The lowest BCUT2D eigenvalue weighted by atomic mass is 10.0. The Bertz CT molecular complexity index is 538. The Hall–Kier alpha value is -2.14. The first-order valence-corrected chi connectivity index (χ1v) is 5.19. The van der Waals surface area contributed by atoms with Gasteiger partial charge in [-0.25, -0.2) is 0 Å². The zero-order chi connectivity index (χ0) is 11.4. The van der Waals surface area contributed by atoms with Gasteiger partial charge < -0.3 is 0 Å². The van der Waals surface area contributed by atoms with Crippen LogP contribution in [0.2, 0.25) is 0 Å². The molecule has 0 amide bonds. The van der Waals surface area contributed by atoms with Crippen LogP contribution in [-0.2, 0) is 6.42 Å². The average molecular weight is 208 g/mol. The highest BCUT2D eigenvalue weighted by Gasteiger charge is 2.05. The van der Waals surface area contributed by atoms with Gasteiger partial charge in [0.2, 0.25) is 0 Å². The molecule has 2 nitrogen and oxygen atoms in total. The fourth-order valence-corrected chi connectivity index (χ4v) is 1.72. The minimum Gasteiger partial charge on any atom is -0.256 e. The van der Waals surface area contributed by atoms with E-state index in [1.165, 1.54) is 5.56 Å². The molecule has 0 spiro atoms. The van der Waals surface area contributed by atoms with Crippen LogP contribution in [-0.4, -0.2) is 4.98 Å². The molecule has 0 radical (unpaired) electrons. The quantitative estimate of drug-likeness (QED) is 0.760. The Morgan fingerprint density at radius 3 is 2.88 bits per heavy atom. The predicted molar refractivity (Wildman–Crippen MR) is 63.7 cm³/mol. The van der Waals surface area contributed by atoms with Crippen molar-refractivity contribution >= 4 is 0 Å². The van der Waals surface area contributed by atoms with E-state index in [0.717, 1.165) is 16.8 Å². The first kappa shape index (κ1) is 10.4. The van der Waals surface area contributed by atoms with Gasteiger partial charge in [0.25, 0.3) is 0 Å². The van der Waals surface area contributed by atoms with Gasteiger partial charge in [-0.05, 0) is 24.6 Å². The molecule has 1 heterocycles. The minimum absolute atomic E-state index is 0.400. The number of aromatic nitrogens is 1. The molecule has 0 bridgehead atoms. The lowest BCUT2D eigenvalue weighted by Crippen LogP contribution is -1.91. The van der Waals surface area contributed by atoms with Crippen LogP contribution < -0.4 is 0 Å². The lowest BCUT2D eigenvalue weighted by Gasteiger charge is -2.06. The molecule has 78 valence electrons. The summed E-state index contributed by atoms with van der Waals surface area (Å²) in [6, 6.07) is 14.2. The Morgan fingerprint density at radius 1 is 1.25 bits per heavy atom. The van der Waals surface area contributed by atoms with Crippen molar-refractivity contribution in [1.82, 2.24) is 4.98 Å². The van der Waals surface area contributed by atoms with Crippen molar-refractivity contribution in [2.45, 2.75) is 13.3 Å². The number of benzene rings is 1. The zero-order valence-electron chi connectivity index (χ0n) is 9.14. The average Bonchev–Trinajstić information content (AvgIpc) is 2.30. The highest BCUT2D eigenvalue weighted by molar-refractivity contribution is 5.64. The summed E-state index contributed by atoms with van der Waals surface area (Å²) in [6.45, 7) is 2.05. The second-order valence-electron chi connectivity index (χ2n) is 3.72. The summed E-state index contributed by atoms with van der Waals surface area (Å²) >= 11 is 0. The van der Waals surface area contributed by atoms with E-state index in [1.807, 2.05) is 24.3 Å². The molecule has 16 heavy (non-hydrogen) atoms. The topological polar surface area (TPSA) is 36.7 Å². The van der Waals surface area contributed by atoms with Crippen LogP contribution >= 0.6 is 0 Å². The summed E-state index contributed by atoms with van der Waals surface area (Å²) in [5.74, 6) is 0. The van der Waals surface area contributed by atoms with E-state index >= 15 is 0 Å². The third-order valence-corrected chi connectivity index (χ3v) is 2.45. The van der Waals surface area contributed by atoms with Crippen LogP contribution in [0.15, 0.2) is 42.6 Å². The Balaban J connectivity index is 2.52. The molecule has 0 saturated carbocycles. The van der Waals surface area contributed by atoms with E-state index in [-0.39, 0.29) is 0 Å². The Morgan fingerprint density at radius 2 is 2.12 bits per heavy atom. The molecule has 0 aliphatic rings. The van der Waals surface area contributed by atoms with Crippen molar-refractivity contribution in [2.75, 3.05) is 0 Å². The maximum Gasteiger partial charge on any atom is 0.0744 e. The highest BCUT2D eigenvalue weighted by Crippen LogP contribution is 2.22. The third-order valence-electron chi connectivity index (χ3n) is 2.45. The fourth-order valence-electron chi connectivity index (χ4n) is 1.72. The summed E-state index contributed by atoms with van der Waals surface area (Å²) < 4.78 is 0. The molecule has 2 heteroatoms. The maximum atomic E-state index is 8.77. The van der Waals surface area contributed by atoms with Crippen LogP contribution in [0.5, 0.6) is 0 Å². The van der Waals surface area contributed by atoms with Crippen LogP contribution in [0.1, 0.15) is 11.1 Å². The SMILES string of the molecule is Cc1cccc(-c2ncccc2CC#N)c1. The second kappa shape index (κ2) is 4.59. The molecule has 2 rings (SSSR count). The van der Waals surface area contributed by atoms with Gasteiger partial charge in [-0.3, -0.25) is 4.98 Å². The molecular formula is C14H12N2. The van der Waals surface area contributed by atoms with Crippen molar-refractivity contribution in [3.8, 4) is 17.3 Å². The van der Waals surface area contributed by atoms with Crippen molar-refractivity contribution in [1.29, 1.82) is 5.26 Å². The van der Waals surface area contributed by atoms with Gasteiger partial charge >= 0.3 is 0 Å². The summed E-state index contributed by atoms with van der Waals surface area (Å²) in [5, 5.41) is 8.77. The highest BCUT2D eigenvalue weighted by atomic mass is 14.7. The second-order valence-corrected chi connectivity index (χ2v) is 3.72. The van der Waals surface area contributed by atoms with E-state index in [4.69, 9.17) is 5.26 Å². The molecule has 0 aliphatic heterocycles. The van der Waals surface area contributed by atoms with Crippen LogP contribution in [0.3, 0.4) is 0 Å². The van der Waals surface area contributed by atoms with Gasteiger partial charge in [0.15, 0.2) is 0 Å². The van der Waals surface area contributed by atoms with Crippen LogP contribution in [0.25, 0.3) is 11.3 Å². The zero-order valence-corrected chi connectivity index (χ0v) is 9.14. The largest absolute Gasteiger partial charge is 0.256 e.